The van der Waals surface area contributed by atoms with E-state index >= 15 is 0 Å². The van der Waals surface area contributed by atoms with E-state index in [1.54, 1.807) is 0 Å². The fourth-order valence-corrected chi connectivity index (χ4v) is 2.80. The molecule has 2 N–H and O–H groups in total. The van der Waals surface area contributed by atoms with E-state index in [4.69, 9.17) is 5.11 Å². The summed E-state index contributed by atoms with van der Waals surface area (Å²) in [5, 5.41) is 11.5. The number of nitrogens with one attached hydrogen (secondary N) is 1. The van der Waals surface area contributed by atoms with Gasteiger partial charge >= 0.3 is 5.97 Å². The maximum atomic E-state index is 11.0. The van der Waals surface area contributed by atoms with E-state index in [1.807, 2.05) is 0 Å². The molecule has 1 saturated carbocycles. The number of aliphatic carboxylic acids is 1. The molecule has 0 heterocycles. The van der Waals surface area contributed by atoms with Crippen LogP contribution in [0.5, 0.6) is 0 Å². The Labute approximate surface area is 103 Å². The topological polar surface area (TPSA) is 66.4 Å². The fraction of sp³-hybridized carbons (Fsp3) is 0.846. The van der Waals surface area contributed by atoms with E-state index in [-0.39, 0.29) is 5.92 Å². The Balaban J connectivity index is 2.55. The first kappa shape index (κ1) is 14.0. The summed E-state index contributed by atoms with van der Waals surface area (Å²) in [6.45, 7) is 6.70. The maximum Gasteiger partial charge on any atom is 0.326 e. The molecule has 17 heavy (non-hydrogen) atoms. The van der Waals surface area contributed by atoms with Crippen LogP contribution < -0.4 is 5.32 Å². The minimum atomic E-state index is -0.920. The number of hydrogen-bond donors (Lipinski definition) is 2. The van der Waals surface area contributed by atoms with Crippen LogP contribution in [0.15, 0.2) is 0 Å². The van der Waals surface area contributed by atoms with Crippen molar-refractivity contribution in [2.24, 2.45) is 17.3 Å². The zero-order valence-electron chi connectivity index (χ0n) is 10.9. The van der Waals surface area contributed by atoms with Gasteiger partial charge in [0.25, 0.3) is 0 Å². The normalized spacial score (nSPS) is 27.2. The summed E-state index contributed by atoms with van der Waals surface area (Å²) >= 11 is 0. The third-order valence-corrected chi connectivity index (χ3v) is 3.98. The van der Waals surface area contributed by atoms with E-state index in [0.717, 1.165) is 25.7 Å². The summed E-state index contributed by atoms with van der Waals surface area (Å²) in [6.07, 6.45) is 4.38. The molecular weight excluding hydrogens is 218 g/mol. The molecule has 1 aliphatic rings. The fourth-order valence-electron chi connectivity index (χ4n) is 2.80. The van der Waals surface area contributed by atoms with Crippen molar-refractivity contribution in [2.45, 2.75) is 52.5 Å². The van der Waals surface area contributed by atoms with Gasteiger partial charge in [-0.25, -0.2) is 4.79 Å². The second-order valence-electron chi connectivity index (χ2n) is 6.08. The number of amides is 1. The number of carboxylic acid groups (broad SMARTS) is 1. The van der Waals surface area contributed by atoms with Crippen molar-refractivity contribution in [1.29, 1.82) is 0 Å². The van der Waals surface area contributed by atoms with Gasteiger partial charge in [-0.2, -0.15) is 0 Å². The molecule has 0 radical (unpaired) electrons. The molecule has 98 valence electrons. The minimum Gasteiger partial charge on any atom is -0.480 e. The van der Waals surface area contributed by atoms with Gasteiger partial charge in [-0.3, -0.25) is 4.79 Å². The second kappa shape index (κ2) is 5.52. The van der Waals surface area contributed by atoms with E-state index in [9.17, 15) is 9.59 Å². The van der Waals surface area contributed by atoms with Gasteiger partial charge in [0, 0.05) is 0 Å². The molecule has 0 bridgehead atoms. The molecule has 1 atom stereocenters. The van der Waals surface area contributed by atoms with Crippen LogP contribution in [-0.2, 0) is 9.59 Å². The molecule has 0 aromatic carbocycles. The number of carbonyl (C=O) groups is 2. The van der Waals surface area contributed by atoms with Crippen LogP contribution in [0.1, 0.15) is 46.5 Å². The highest BCUT2D eigenvalue weighted by molar-refractivity contribution is 5.76. The first-order valence-electron chi connectivity index (χ1n) is 6.28. The summed E-state index contributed by atoms with van der Waals surface area (Å²) in [5.41, 5.74) is 0.293. The predicted molar refractivity (Wildman–Crippen MR) is 65.5 cm³/mol. The molecule has 0 aromatic heterocycles. The molecule has 4 nitrogen and oxygen atoms in total. The first-order valence-corrected chi connectivity index (χ1v) is 6.28. The minimum absolute atomic E-state index is 0.0799. The summed E-state index contributed by atoms with van der Waals surface area (Å²) in [5.74, 6) is -0.183. The Bertz CT molecular complexity index is 275. The van der Waals surface area contributed by atoms with Gasteiger partial charge < -0.3 is 10.4 Å². The van der Waals surface area contributed by atoms with Crippen LogP contribution in [0.2, 0.25) is 0 Å². The molecule has 1 unspecified atom stereocenters. The van der Waals surface area contributed by atoms with Crippen molar-refractivity contribution in [3.05, 3.63) is 0 Å². The smallest absolute Gasteiger partial charge is 0.326 e. The molecular formula is C13H23NO3. The van der Waals surface area contributed by atoms with E-state index in [2.05, 4.69) is 26.1 Å². The Morgan fingerprint density at radius 2 is 1.82 bits per heavy atom. The third kappa shape index (κ3) is 3.72. The molecule has 1 amide bonds. The van der Waals surface area contributed by atoms with Crippen LogP contribution in [0.25, 0.3) is 0 Å². The van der Waals surface area contributed by atoms with Gasteiger partial charge in [-0.15, -0.1) is 0 Å². The molecule has 1 rings (SSSR count). The lowest BCUT2D eigenvalue weighted by atomic mass is 9.68. The lowest BCUT2D eigenvalue weighted by Gasteiger charge is -2.38. The molecule has 4 heteroatoms. The highest BCUT2D eigenvalue weighted by Gasteiger charge is 2.35. The first-order chi connectivity index (χ1) is 7.86. The van der Waals surface area contributed by atoms with Crippen LogP contribution >= 0.6 is 0 Å². The maximum absolute atomic E-state index is 11.0. The SMILES string of the molecule is CC(C)(C)C1CCC(C(NC=O)C(=O)O)CC1. The molecule has 0 aliphatic heterocycles. The van der Waals surface area contributed by atoms with Gasteiger partial charge in [0.15, 0.2) is 0 Å². The monoisotopic (exact) mass is 241 g/mol. The van der Waals surface area contributed by atoms with Gasteiger partial charge in [0.1, 0.15) is 6.04 Å². The van der Waals surface area contributed by atoms with Crippen LogP contribution in [0.4, 0.5) is 0 Å². The molecule has 0 spiro atoms. The average Bonchev–Trinajstić information content (AvgIpc) is 2.24. The Morgan fingerprint density at radius 3 is 2.18 bits per heavy atom. The highest BCUT2D eigenvalue weighted by atomic mass is 16.4. The van der Waals surface area contributed by atoms with Crippen LogP contribution in [-0.4, -0.2) is 23.5 Å². The second-order valence-corrected chi connectivity index (χ2v) is 6.08. The summed E-state index contributed by atoms with van der Waals surface area (Å²) in [7, 11) is 0. The predicted octanol–water partition coefficient (Wildman–Crippen LogP) is 2.04. The third-order valence-electron chi connectivity index (χ3n) is 3.98. The lowest BCUT2D eigenvalue weighted by molar-refractivity contribution is -0.142. The van der Waals surface area contributed by atoms with Crippen molar-refractivity contribution in [3.8, 4) is 0 Å². The summed E-state index contributed by atoms with van der Waals surface area (Å²) < 4.78 is 0. The highest BCUT2D eigenvalue weighted by Crippen LogP contribution is 2.40. The zero-order valence-corrected chi connectivity index (χ0v) is 10.9. The molecule has 1 aliphatic carbocycles. The summed E-state index contributed by atoms with van der Waals surface area (Å²) in [6, 6.07) is -0.714. The van der Waals surface area contributed by atoms with E-state index in [0.29, 0.717) is 17.7 Å². The van der Waals surface area contributed by atoms with Crippen molar-refractivity contribution in [2.75, 3.05) is 0 Å². The largest absolute Gasteiger partial charge is 0.480 e. The molecule has 0 saturated heterocycles. The Hall–Kier alpha value is -1.06. The Kier molecular flexibility index (Phi) is 4.54. The van der Waals surface area contributed by atoms with Crippen molar-refractivity contribution >= 4 is 12.4 Å². The molecule has 0 aromatic rings. The Morgan fingerprint density at radius 1 is 1.29 bits per heavy atom. The van der Waals surface area contributed by atoms with Crippen molar-refractivity contribution < 1.29 is 14.7 Å². The zero-order chi connectivity index (χ0) is 13.1. The van der Waals surface area contributed by atoms with Gasteiger partial charge in [-0.1, -0.05) is 20.8 Å². The number of rotatable bonds is 4. The van der Waals surface area contributed by atoms with Crippen molar-refractivity contribution in [3.63, 3.8) is 0 Å². The van der Waals surface area contributed by atoms with Gasteiger partial charge in [-0.05, 0) is 42.9 Å². The molecule has 1 fully saturated rings. The van der Waals surface area contributed by atoms with Crippen molar-refractivity contribution in [1.82, 2.24) is 5.32 Å². The van der Waals surface area contributed by atoms with Gasteiger partial charge in [0.2, 0.25) is 6.41 Å². The average molecular weight is 241 g/mol. The van der Waals surface area contributed by atoms with Crippen LogP contribution in [0.3, 0.4) is 0 Å². The van der Waals surface area contributed by atoms with Gasteiger partial charge in [0.05, 0.1) is 0 Å². The number of carboxylic acids is 1. The summed E-state index contributed by atoms with van der Waals surface area (Å²) in [4.78, 5) is 21.5. The van der Waals surface area contributed by atoms with Crippen LogP contribution in [0, 0.1) is 17.3 Å². The quantitative estimate of drug-likeness (QED) is 0.740. The standard InChI is InChI=1S/C13H23NO3/c1-13(2,3)10-6-4-9(5-7-10)11(12(16)17)14-8-15/h8-11H,4-7H2,1-3H3,(H,14,15)(H,16,17). The van der Waals surface area contributed by atoms with E-state index < -0.39 is 12.0 Å². The van der Waals surface area contributed by atoms with E-state index in [1.165, 1.54) is 0 Å². The number of carbonyl (C=O) groups excluding carboxylic acids is 1. The lowest BCUT2D eigenvalue weighted by Crippen LogP contribution is -2.44. The number of hydrogen-bond acceptors (Lipinski definition) is 2.